The van der Waals surface area contributed by atoms with Crippen LogP contribution in [0.1, 0.15) is 19.8 Å². The van der Waals surface area contributed by atoms with Crippen LogP contribution in [0.4, 0.5) is 0 Å². The summed E-state index contributed by atoms with van der Waals surface area (Å²) in [5.41, 5.74) is 0. The van der Waals surface area contributed by atoms with E-state index in [0.29, 0.717) is 19.5 Å². The van der Waals surface area contributed by atoms with E-state index in [1.165, 1.54) is 0 Å². The fraction of sp³-hybridized carbons (Fsp3) is 0.750. The molecule has 2 atom stereocenters. The minimum absolute atomic E-state index is 0.0189. The third-order valence-corrected chi connectivity index (χ3v) is 3.78. The van der Waals surface area contributed by atoms with Gasteiger partial charge in [0.05, 0.1) is 12.5 Å². The highest BCUT2D eigenvalue weighted by molar-refractivity contribution is 5.86. The highest BCUT2D eigenvalue weighted by Gasteiger charge is 2.37. The van der Waals surface area contributed by atoms with Crippen LogP contribution >= 0.6 is 0 Å². The molecule has 0 bridgehead atoms. The summed E-state index contributed by atoms with van der Waals surface area (Å²) >= 11 is 0. The summed E-state index contributed by atoms with van der Waals surface area (Å²) in [6.45, 7) is 3.30. The Bertz CT molecular complexity index is 382. The second-order valence-electron chi connectivity index (χ2n) is 5.14. The summed E-state index contributed by atoms with van der Waals surface area (Å²) in [6.07, 6.45) is 1.32. The van der Waals surface area contributed by atoms with Gasteiger partial charge in [-0.1, -0.05) is 6.92 Å². The van der Waals surface area contributed by atoms with Crippen LogP contribution in [0.5, 0.6) is 0 Å². The molecule has 6 heteroatoms. The molecule has 2 aliphatic rings. The van der Waals surface area contributed by atoms with Crippen LogP contribution in [0.25, 0.3) is 0 Å². The second kappa shape index (κ2) is 4.96. The molecule has 0 aromatic rings. The molecule has 2 saturated heterocycles. The standard InChI is InChI=1S/C12H18N2O4/c1-8-5-14(6-9(8)12(17)18)11(16)7-13-4-2-3-10(13)15/h8-9H,2-7H2,1H3,(H,17,18). The molecule has 2 rings (SSSR count). The van der Waals surface area contributed by atoms with Gasteiger partial charge in [0.15, 0.2) is 0 Å². The van der Waals surface area contributed by atoms with Crippen LogP contribution in [-0.4, -0.2) is 58.9 Å². The Morgan fingerprint density at radius 1 is 1.39 bits per heavy atom. The quantitative estimate of drug-likeness (QED) is 0.755. The first-order valence-electron chi connectivity index (χ1n) is 6.27. The molecule has 2 fully saturated rings. The Kier molecular flexibility index (Phi) is 3.54. The molecular formula is C12H18N2O4. The molecule has 0 spiro atoms. The van der Waals surface area contributed by atoms with E-state index >= 15 is 0 Å². The number of carboxylic acid groups (broad SMARTS) is 1. The van der Waals surface area contributed by atoms with Crippen LogP contribution in [-0.2, 0) is 14.4 Å². The fourth-order valence-electron chi connectivity index (χ4n) is 2.63. The van der Waals surface area contributed by atoms with Gasteiger partial charge in [-0.15, -0.1) is 0 Å². The van der Waals surface area contributed by atoms with Crippen LogP contribution in [0, 0.1) is 11.8 Å². The zero-order chi connectivity index (χ0) is 13.3. The van der Waals surface area contributed by atoms with E-state index in [2.05, 4.69) is 0 Å². The molecule has 2 amide bonds. The number of carboxylic acids is 1. The number of carbonyl (C=O) groups is 3. The van der Waals surface area contributed by atoms with Gasteiger partial charge in [-0.05, 0) is 12.3 Å². The number of aliphatic carboxylic acids is 1. The van der Waals surface area contributed by atoms with Crippen molar-refractivity contribution in [2.24, 2.45) is 11.8 Å². The predicted molar refractivity (Wildman–Crippen MR) is 62.7 cm³/mol. The first kappa shape index (κ1) is 12.9. The number of hydrogen-bond acceptors (Lipinski definition) is 3. The van der Waals surface area contributed by atoms with Crippen LogP contribution in [0.15, 0.2) is 0 Å². The lowest BCUT2D eigenvalue weighted by Gasteiger charge is -2.20. The zero-order valence-corrected chi connectivity index (χ0v) is 10.5. The van der Waals surface area contributed by atoms with Crippen molar-refractivity contribution in [2.75, 3.05) is 26.2 Å². The third kappa shape index (κ3) is 2.47. The molecule has 0 aromatic heterocycles. The predicted octanol–water partition coefficient (Wildman–Crippen LogP) is -0.212. The van der Waals surface area contributed by atoms with Gasteiger partial charge in [0.2, 0.25) is 11.8 Å². The van der Waals surface area contributed by atoms with Crippen molar-refractivity contribution >= 4 is 17.8 Å². The molecule has 2 aliphatic heterocycles. The first-order valence-corrected chi connectivity index (χ1v) is 6.27. The van der Waals surface area contributed by atoms with Crippen molar-refractivity contribution in [1.29, 1.82) is 0 Å². The van der Waals surface area contributed by atoms with E-state index < -0.39 is 11.9 Å². The van der Waals surface area contributed by atoms with Crippen LogP contribution in [0.2, 0.25) is 0 Å². The molecule has 0 radical (unpaired) electrons. The lowest BCUT2D eigenvalue weighted by molar-refractivity contribution is -0.143. The van der Waals surface area contributed by atoms with Crippen molar-refractivity contribution in [3.63, 3.8) is 0 Å². The maximum Gasteiger partial charge on any atom is 0.308 e. The van der Waals surface area contributed by atoms with Crippen molar-refractivity contribution in [1.82, 2.24) is 9.80 Å². The van der Waals surface area contributed by atoms with Crippen molar-refractivity contribution in [3.8, 4) is 0 Å². The Labute approximate surface area is 106 Å². The van der Waals surface area contributed by atoms with Crippen LogP contribution in [0.3, 0.4) is 0 Å². The molecule has 18 heavy (non-hydrogen) atoms. The number of rotatable bonds is 3. The van der Waals surface area contributed by atoms with Gasteiger partial charge in [0.1, 0.15) is 0 Å². The lowest BCUT2D eigenvalue weighted by Crippen LogP contribution is -2.40. The summed E-state index contributed by atoms with van der Waals surface area (Å²) in [4.78, 5) is 37.5. The average Bonchev–Trinajstić information content (AvgIpc) is 2.86. The van der Waals surface area contributed by atoms with E-state index in [-0.39, 0.29) is 30.8 Å². The van der Waals surface area contributed by atoms with Gasteiger partial charge in [-0.3, -0.25) is 14.4 Å². The van der Waals surface area contributed by atoms with E-state index in [4.69, 9.17) is 5.11 Å². The van der Waals surface area contributed by atoms with E-state index in [0.717, 1.165) is 6.42 Å². The van der Waals surface area contributed by atoms with E-state index in [1.54, 1.807) is 9.80 Å². The highest BCUT2D eigenvalue weighted by atomic mass is 16.4. The smallest absolute Gasteiger partial charge is 0.308 e. The number of amides is 2. The summed E-state index contributed by atoms with van der Waals surface area (Å²) < 4.78 is 0. The lowest BCUT2D eigenvalue weighted by atomic mass is 9.99. The molecule has 0 aromatic carbocycles. The van der Waals surface area contributed by atoms with E-state index in [9.17, 15) is 14.4 Å². The van der Waals surface area contributed by atoms with Crippen LogP contribution < -0.4 is 0 Å². The number of carbonyl (C=O) groups excluding carboxylic acids is 2. The maximum atomic E-state index is 12.0. The summed E-state index contributed by atoms with van der Waals surface area (Å²) in [7, 11) is 0. The van der Waals surface area contributed by atoms with Gasteiger partial charge in [0.25, 0.3) is 0 Å². The molecular weight excluding hydrogens is 236 g/mol. The van der Waals surface area contributed by atoms with Gasteiger partial charge >= 0.3 is 5.97 Å². The molecule has 100 valence electrons. The zero-order valence-electron chi connectivity index (χ0n) is 10.5. The Morgan fingerprint density at radius 3 is 2.61 bits per heavy atom. The second-order valence-corrected chi connectivity index (χ2v) is 5.14. The number of hydrogen-bond donors (Lipinski definition) is 1. The largest absolute Gasteiger partial charge is 0.481 e. The van der Waals surface area contributed by atoms with Crippen molar-refractivity contribution in [2.45, 2.75) is 19.8 Å². The Balaban J connectivity index is 1.91. The molecule has 0 saturated carbocycles. The minimum Gasteiger partial charge on any atom is -0.481 e. The monoisotopic (exact) mass is 254 g/mol. The third-order valence-electron chi connectivity index (χ3n) is 3.78. The van der Waals surface area contributed by atoms with Gasteiger partial charge in [0, 0.05) is 26.1 Å². The number of likely N-dealkylation sites (tertiary alicyclic amines) is 2. The molecule has 6 nitrogen and oxygen atoms in total. The average molecular weight is 254 g/mol. The molecule has 0 aliphatic carbocycles. The van der Waals surface area contributed by atoms with Gasteiger partial charge in [-0.25, -0.2) is 0 Å². The molecule has 2 heterocycles. The van der Waals surface area contributed by atoms with E-state index in [1.807, 2.05) is 6.92 Å². The Hall–Kier alpha value is -1.59. The minimum atomic E-state index is -0.852. The topological polar surface area (TPSA) is 77.9 Å². The number of nitrogens with zero attached hydrogens (tertiary/aromatic N) is 2. The summed E-state index contributed by atoms with van der Waals surface area (Å²) in [6, 6.07) is 0. The summed E-state index contributed by atoms with van der Waals surface area (Å²) in [5, 5.41) is 9.01. The highest BCUT2D eigenvalue weighted by Crippen LogP contribution is 2.23. The summed E-state index contributed by atoms with van der Waals surface area (Å²) in [5.74, 6) is -1.48. The molecule has 1 N–H and O–H groups in total. The SMILES string of the molecule is CC1CN(C(=O)CN2CCCC2=O)CC1C(=O)O. The first-order chi connectivity index (χ1) is 8.49. The molecule has 2 unspecified atom stereocenters. The van der Waals surface area contributed by atoms with Gasteiger partial charge < -0.3 is 14.9 Å². The maximum absolute atomic E-state index is 12.0. The normalized spacial score (nSPS) is 27.9. The van der Waals surface area contributed by atoms with Gasteiger partial charge in [-0.2, -0.15) is 0 Å². The van der Waals surface area contributed by atoms with Crippen molar-refractivity contribution in [3.05, 3.63) is 0 Å². The fourth-order valence-corrected chi connectivity index (χ4v) is 2.63. The Morgan fingerprint density at radius 2 is 2.11 bits per heavy atom. The van der Waals surface area contributed by atoms with Crippen molar-refractivity contribution < 1.29 is 19.5 Å².